The predicted molar refractivity (Wildman–Crippen MR) is 169 cm³/mol. The van der Waals surface area contributed by atoms with Gasteiger partial charge in [0.25, 0.3) is 0 Å². The van der Waals surface area contributed by atoms with Gasteiger partial charge in [0, 0.05) is 5.30 Å². The maximum Gasteiger partial charge on any atom is 0.328 e. The van der Waals surface area contributed by atoms with Crippen molar-refractivity contribution in [2.75, 3.05) is 7.11 Å². The van der Waals surface area contributed by atoms with Gasteiger partial charge in [0.05, 0.1) is 23.3 Å². The van der Waals surface area contributed by atoms with Gasteiger partial charge in [-0.2, -0.15) is 9.97 Å². The Bertz CT molecular complexity index is 1970. The Morgan fingerprint density at radius 3 is 1.73 bits per heavy atom. The molecule has 6 aromatic rings. The van der Waals surface area contributed by atoms with Crippen molar-refractivity contribution in [3.63, 3.8) is 0 Å². The Morgan fingerprint density at radius 1 is 0.622 bits per heavy atom. The first-order valence-electron chi connectivity index (χ1n) is 13.9. The van der Waals surface area contributed by atoms with E-state index in [4.69, 9.17) is 14.2 Å². The lowest BCUT2D eigenvalue weighted by molar-refractivity contribution is 0.398. The van der Waals surface area contributed by atoms with Gasteiger partial charge in [-0.1, -0.05) is 72.8 Å². The summed E-state index contributed by atoms with van der Waals surface area (Å²) >= 11 is 0. The van der Waals surface area contributed by atoms with Crippen LogP contribution in [0.25, 0.3) is 11.4 Å². The van der Waals surface area contributed by atoms with Gasteiger partial charge < -0.3 is 18.8 Å². The molecule has 0 radical (unpaired) electrons. The summed E-state index contributed by atoms with van der Waals surface area (Å²) in [5.74, 6) is -1.25. The van der Waals surface area contributed by atoms with Gasteiger partial charge in [0.1, 0.15) is 28.9 Å². The number of benzene rings is 5. The maximum atomic E-state index is 16.9. The van der Waals surface area contributed by atoms with Gasteiger partial charge in [-0.15, -0.1) is 4.98 Å². The number of hydrogen-bond acceptors (Lipinski definition) is 7. The number of ether oxygens (including phenoxy) is 3. The molecule has 0 saturated heterocycles. The summed E-state index contributed by atoms with van der Waals surface area (Å²) in [4.78, 5) is 13.0. The lowest BCUT2D eigenvalue weighted by Gasteiger charge is -2.25. The van der Waals surface area contributed by atoms with Gasteiger partial charge in [0.15, 0.2) is 13.0 Å². The zero-order valence-corrected chi connectivity index (χ0v) is 25.1. The zero-order valence-electron chi connectivity index (χ0n) is 24.2. The molecule has 0 N–H and O–H groups in total. The smallest absolute Gasteiger partial charge is 0.328 e. The second-order valence-corrected chi connectivity index (χ2v) is 12.5. The number of aromatic nitrogens is 3. The monoisotopic (exact) mass is 621 g/mol. The van der Waals surface area contributed by atoms with Gasteiger partial charge in [-0.05, 0) is 61.0 Å². The topological polar surface area (TPSA) is 83.4 Å². The van der Waals surface area contributed by atoms with Crippen LogP contribution in [0, 0.1) is 18.6 Å². The summed E-state index contributed by atoms with van der Waals surface area (Å²) in [5, 5.41) is -0.217. The molecule has 0 fully saturated rings. The van der Waals surface area contributed by atoms with Crippen LogP contribution in [0.2, 0.25) is 0 Å². The summed E-state index contributed by atoms with van der Waals surface area (Å²) in [7, 11) is -2.82. The molecule has 224 valence electrons. The number of halogens is 2. The Hall–Kier alpha value is -5.40. The molecule has 0 amide bonds. The van der Waals surface area contributed by atoms with Gasteiger partial charge in [-0.3, -0.25) is 0 Å². The van der Waals surface area contributed by atoms with Crippen LogP contribution in [-0.2, 0) is 4.57 Å². The minimum atomic E-state index is -4.23. The van der Waals surface area contributed by atoms with Gasteiger partial charge in [0.2, 0.25) is 0 Å². The molecule has 1 aromatic heterocycles. The van der Waals surface area contributed by atoms with E-state index in [9.17, 15) is 0 Å². The highest BCUT2D eigenvalue weighted by Gasteiger charge is 2.40. The van der Waals surface area contributed by atoms with Crippen molar-refractivity contribution in [3.8, 4) is 40.7 Å². The molecule has 45 heavy (non-hydrogen) atoms. The minimum Gasteiger partial charge on any atom is -0.496 e. The first kappa shape index (κ1) is 29.7. The number of hydrogen-bond donors (Lipinski definition) is 0. The lowest BCUT2D eigenvalue weighted by Crippen LogP contribution is -2.31. The molecule has 0 saturated carbocycles. The molecule has 0 aliphatic rings. The van der Waals surface area contributed by atoms with Crippen molar-refractivity contribution in [1.82, 2.24) is 15.0 Å². The predicted octanol–water partition coefficient (Wildman–Crippen LogP) is 7.36. The van der Waals surface area contributed by atoms with E-state index in [1.54, 1.807) is 104 Å². The molecule has 0 aliphatic heterocycles. The van der Waals surface area contributed by atoms with Crippen LogP contribution in [-0.4, -0.2) is 22.1 Å². The van der Waals surface area contributed by atoms with Crippen molar-refractivity contribution in [3.05, 3.63) is 139 Å². The number of para-hydroxylation sites is 3. The van der Waals surface area contributed by atoms with Crippen LogP contribution in [0.15, 0.2) is 121 Å². The SMILES string of the molecule is COc1ccccc1P(=O)(c1ccccc1C)c1c(F)ccc(-c2nc(Oc3ccccc3)nc(Oc3ccccc3)n2)c1F. The van der Waals surface area contributed by atoms with E-state index in [1.807, 2.05) is 12.1 Å². The molecule has 6 rings (SSSR count). The van der Waals surface area contributed by atoms with Crippen molar-refractivity contribution >= 4 is 23.1 Å². The zero-order chi connectivity index (χ0) is 31.4. The Labute approximate surface area is 258 Å². The number of rotatable bonds is 9. The molecular formula is C35H26F2N3O4P. The van der Waals surface area contributed by atoms with E-state index in [1.165, 1.54) is 13.2 Å². The Balaban J connectivity index is 1.57. The largest absolute Gasteiger partial charge is 0.496 e. The molecule has 1 atom stereocenters. The maximum absolute atomic E-state index is 16.9. The third kappa shape index (κ3) is 5.90. The molecule has 0 bridgehead atoms. The van der Waals surface area contributed by atoms with E-state index in [2.05, 4.69) is 15.0 Å². The van der Waals surface area contributed by atoms with Crippen LogP contribution < -0.4 is 30.1 Å². The van der Waals surface area contributed by atoms with E-state index in [0.29, 0.717) is 17.1 Å². The normalized spacial score (nSPS) is 12.3. The van der Waals surface area contributed by atoms with Crippen molar-refractivity contribution in [2.45, 2.75) is 6.92 Å². The van der Waals surface area contributed by atoms with Crippen molar-refractivity contribution in [1.29, 1.82) is 0 Å². The molecule has 7 nitrogen and oxygen atoms in total. The Kier molecular flexibility index (Phi) is 8.36. The molecule has 0 aliphatic carbocycles. The third-order valence-corrected chi connectivity index (χ3v) is 10.3. The van der Waals surface area contributed by atoms with E-state index >= 15 is 13.3 Å². The first-order chi connectivity index (χ1) is 21.9. The van der Waals surface area contributed by atoms with Crippen LogP contribution in [0.5, 0.6) is 29.3 Å². The quantitative estimate of drug-likeness (QED) is 0.156. The van der Waals surface area contributed by atoms with Gasteiger partial charge >= 0.3 is 12.0 Å². The first-order valence-corrected chi connectivity index (χ1v) is 15.6. The van der Waals surface area contributed by atoms with Crippen LogP contribution in [0.4, 0.5) is 8.78 Å². The lowest BCUT2D eigenvalue weighted by atomic mass is 10.2. The second-order valence-electron chi connectivity index (χ2n) is 9.88. The van der Waals surface area contributed by atoms with E-state index in [-0.39, 0.29) is 39.8 Å². The molecule has 1 heterocycles. The summed E-state index contributed by atoms with van der Waals surface area (Å²) < 4.78 is 65.5. The average Bonchev–Trinajstić information content (AvgIpc) is 3.05. The highest BCUT2D eigenvalue weighted by molar-refractivity contribution is 7.85. The van der Waals surface area contributed by atoms with Crippen molar-refractivity contribution < 1.29 is 27.6 Å². The minimum absolute atomic E-state index is 0.147. The number of aryl methyl sites for hydroxylation is 1. The molecule has 0 spiro atoms. The number of methoxy groups -OCH3 is 1. The van der Waals surface area contributed by atoms with Crippen molar-refractivity contribution in [2.24, 2.45) is 0 Å². The number of nitrogens with zero attached hydrogens (tertiary/aromatic N) is 3. The fourth-order valence-corrected chi connectivity index (χ4v) is 8.07. The van der Waals surface area contributed by atoms with Crippen LogP contribution in [0.3, 0.4) is 0 Å². The molecule has 10 heteroatoms. The third-order valence-electron chi connectivity index (χ3n) is 7.00. The highest BCUT2D eigenvalue weighted by Crippen LogP contribution is 2.48. The average molecular weight is 622 g/mol. The van der Waals surface area contributed by atoms with E-state index in [0.717, 1.165) is 6.07 Å². The van der Waals surface area contributed by atoms with Crippen LogP contribution >= 0.6 is 7.14 Å². The summed E-state index contributed by atoms with van der Waals surface area (Å²) in [6.45, 7) is 1.74. The fourth-order valence-electron chi connectivity index (χ4n) is 4.92. The van der Waals surface area contributed by atoms with Crippen LogP contribution in [0.1, 0.15) is 5.56 Å². The summed E-state index contributed by atoms with van der Waals surface area (Å²) in [6.07, 6.45) is 0. The standard InChI is InChI=1S/C35H26F2N3O4P/c1-23-13-9-11-19-29(23)45(41,30-20-12-10-18-28(30)42-2)32-27(36)22-21-26(31(32)37)33-38-34(43-24-14-5-3-6-15-24)40-35(39-33)44-25-16-7-4-8-17-25/h3-22H,1-2H3. The fraction of sp³-hybridized carbons (Fsp3) is 0.0571. The summed E-state index contributed by atoms with van der Waals surface area (Å²) in [5.41, 5.74) is 0.363. The Morgan fingerprint density at radius 2 is 1.16 bits per heavy atom. The highest BCUT2D eigenvalue weighted by atomic mass is 31.2. The molecule has 5 aromatic carbocycles. The second kappa shape index (κ2) is 12.7. The summed E-state index contributed by atoms with van der Waals surface area (Å²) in [6, 6.07) is 32.7. The van der Waals surface area contributed by atoms with Gasteiger partial charge in [-0.25, -0.2) is 8.78 Å². The molecule has 1 unspecified atom stereocenters. The van der Waals surface area contributed by atoms with E-state index < -0.39 is 24.1 Å². The molecular weight excluding hydrogens is 595 g/mol.